The first-order valence-corrected chi connectivity index (χ1v) is 12.6. The molecule has 41 heavy (non-hydrogen) atoms. The molecule has 1 saturated heterocycles. The molecule has 0 aliphatic carbocycles. The third kappa shape index (κ3) is 10.3. The number of carboxylic acid groups (broad SMARTS) is 2. The average molecular weight is 570 g/mol. The molecule has 1 aliphatic rings. The molecule has 4 rings (SSSR count). The van der Waals surface area contributed by atoms with Crippen LogP contribution in [0.4, 0.5) is 10.1 Å². The number of piperidine rings is 1. The summed E-state index contributed by atoms with van der Waals surface area (Å²) in [5.41, 5.74) is 1.56. The molecule has 1 fully saturated rings. The van der Waals surface area contributed by atoms with Crippen LogP contribution in [0.5, 0.6) is 0 Å². The van der Waals surface area contributed by atoms with Crippen LogP contribution in [0, 0.1) is 21.8 Å². The lowest BCUT2D eigenvalue weighted by Crippen LogP contribution is -2.35. The highest BCUT2D eigenvalue weighted by Gasteiger charge is 2.21. The van der Waals surface area contributed by atoms with Crippen molar-refractivity contribution < 1.29 is 38.4 Å². The quantitative estimate of drug-likeness (QED) is 0.184. The Morgan fingerprint density at radius 2 is 1.66 bits per heavy atom. The molecule has 2 aromatic carbocycles. The maximum absolute atomic E-state index is 13.0. The molecule has 0 spiro atoms. The summed E-state index contributed by atoms with van der Waals surface area (Å²) in [6, 6.07) is 12.3. The molecular formula is C27H28FN5O8. The number of benzene rings is 2. The number of nitrogens with zero attached hydrogens (tertiary/aromatic N) is 4. The van der Waals surface area contributed by atoms with Crippen molar-refractivity contribution >= 4 is 23.5 Å². The lowest BCUT2D eigenvalue weighted by Gasteiger charge is -2.32. The van der Waals surface area contributed by atoms with Gasteiger partial charge in [0.2, 0.25) is 0 Å². The third-order valence-electron chi connectivity index (χ3n) is 6.19. The first kappa shape index (κ1) is 30.6. The van der Waals surface area contributed by atoms with E-state index < -0.39 is 22.8 Å². The molecule has 3 aromatic rings. The van der Waals surface area contributed by atoms with E-state index in [2.05, 4.69) is 20.4 Å². The van der Waals surface area contributed by atoms with Gasteiger partial charge in [0.25, 0.3) is 23.3 Å². The van der Waals surface area contributed by atoms with Gasteiger partial charge in [0, 0.05) is 42.9 Å². The number of hydrogen-bond acceptors (Lipinski definition) is 9. The van der Waals surface area contributed by atoms with Crippen molar-refractivity contribution in [1.82, 2.24) is 20.4 Å². The van der Waals surface area contributed by atoms with E-state index in [9.17, 15) is 28.9 Å². The molecule has 1 aromatic heterocycles. The van der Waals surface area contributed by atoms with Crippen molar-refractivity contribution in [2.45, 2.75) is 25.8 Å². The summed E-state index contributed by atoms with van der Waals surface area (Å²) in [4.78, 5) is 48.1. The Labute approximate surface area is 233 Å². The molecule has 0 atom stereocenters. The second-order valence-electron chi connectivity index (χ2n) is 9.13. The number of aliphatic carboxylic acids is 2. The zero-order valence-corrected chi connectivity index (χ0v) is 21.8. The van der Waals surface area contributed by atoms with E-state index in [1.54, 1.807) is 0 Å². The topological polar surface area (TPSA) is 189 Å². The van der Waals surface area contributed by atoms with E-state index in [0.717, 1.165) is 44.5 Å². The zero-order valence-electron chi connectivity index (χ0n) is 21.8. The van der Waals surface area contributed by atoms with E-state index in [1.807, 2.05) is 12.1 Å². The van der Waals surface area contributed by atoms with Gasteiger partial charge in [-0.1, -0.05) is 17.3 Å². The van der Waals surface area contributed by atoms with Crippen molar-refractivity contribution in [1.29, 1.82) is 0 Å². The number of carboxylic acids is 2. The number of carbonyl (C=O) groups excluding carboxylic acids is 1. The Bertz CT molecular complexity index is 1350. The van der Waals surface area contributed by atoms with E-state index in [0.29, 0.717) is 30.2 Å². The maximum atomic E-state index is 13.0. The van der Waals surface area contributed by atoms with Gasteiger partial charge in [0.05, 0.1) is 4.92 Å². The Morgan fingerprint density at radius 1 is 1.05 bits per heavy atom. The molecule has 0 bridgehead atoms. The first-order valence-electron chi connectivity index (χ1n) is 12.6. The summed E-state index contributed by atoms with van der Waals surface area (Å²) in [5, 5.41) is 32.9. The number of nitro benzene ring substituents is 1. The van der Waals surface area contributed by atoms with Crippen LogP contribution in [0.15, 0.2) is 65.2 Å². The van der Waals surface area contributed by atoms with E-state index in [-0.39, 0.29) is 23.2 Å². The fraction of sp³-hybridized carbons (Fsp3) is 0.296. The average Bonchev–Trinajstić information content (AvgIpc) is 3.45. The van der Waals surface area contributed by atoms with Gasteiger partial charge in [-0.25, -0.2) is 14.0 Å². The molecule has 0 unspecified atom stereocenters. The van der Waals surface area contributed by atoms with Gasteiger partial charge in [-0.2, -0.15) is 4.98 Å². The second-order valence-corrected chi connectivity index (χ2v) is 9.13. The zero-order chi connectivity index (χ0) is 29.8. The van der Waals surface area contributed by atoms with E-state index >= 15 is 0 Å². The molecule has 2 heterocycles. The Balaban J connectivity index is 0.000000507. The fourth-order valence-corrected chi connectivity index (χ4v) is 4.05. The lowest BCUT2D eigenvalue weighted by atomic mass is 9.93. The highest BCUT2D eigenvalue weighted by Crippen LogP contribution is 2.22. The minimum Gasteiger partial charge on any atom is -0.478 e. The summed E-state index contributed by atoms with van der Waals surface area (Å²) in [6.45, 7) is 3.28. The predicted molar refractivity (Wildman–Crippen MR) is 142 cm³/mol. The third-order valence-corrected chi connectivity index (χ3v) is 6.19. The Hall–Kier alpha value is -4.98. The Kier molecular flexibility index (Phi) is 11.2. The SMILES string of the molecule is O=C(NCCC1CCN(Cc2ccc(F)cc2)CC1)c1noc(-c2ccc([N+](=O)[O-])cc2)n1.O=C(O)/C=C/C(=O)O. The van der Waals surface area contributed by atoms with Crippen LogP contribution in [-0.4, -0.2) is 67.7 Å². The van der Waals surface area contributed by atoms with Gasteiger partial charge in [-0.05, 0) is 68.1 Å². The molecule has 216 valence electrons. The van der Waals surface area contributed by atoms with Crippen LogP contribution < -0.4 is 5.32 Å². The van der Waals surface area contributed by atoms with Crippen LogP contribution >= 0.6 is 0 Å². The van der Waals surface area contributed by atoms with Gasteiger partial charge >= 0.3 is 11.9 Å². The van der Waals surface area contributed by atoms with Crippen LogP contribution in [0.1, 0.15) is 35.4 Å². The van der Waals surface area contributed by atoms with E-state index in [4.69, 9.17) is 14.7 Å². The van der Waals surface area contributed by atoms with Gasteiger partial charge < -0.3 is 20.1 Å². The van der Waals surface area contributed by atoms with Gasteiger partial charge in [0.15, 0.2) is 0 Å². The monoisotopic (exact) mass is 569 g/mol. The number of non-ortho nitro benzene ring substituents is 1. The van der Waals surface area contributed by atoms with Crippen molar-refractivity contribution in [3.05, 3.63) is 88.0 Å². The number of likely N-dealkylation sites (tertiary alicyclic amines) is 1. The maximum Gasteiger partial charge on any atom is 0.328 e. The smallest absolute Gasteiger partial charge is 0.328 e. The van der Waals surface area contributed by atoms with Crippen LogP contribution in [0.3, 0.4) is 0 Å². The molecule has 3 N–H and O–H groups in total. The predicted octanol–water partition coefficient (Wildman–Crippen LogP) is 3.53. The first-order chi connectivity index (χ1) is 19.6. The summed E-state index contributed by atoms with van der Waals surface area (Å²) in [6.07, 6.45) is 4.07. The minimum atomic E-state index is -1.26. The van der Waals surface area contributed by atoms with Gasteiger partial charge in [0.1, 0.15) is 5.82 Å². The number of nitro groups is 1. The number of amides is 1. The van der Waals surface area contributed by atoms with Crippen LogP contribution in [-0.2, 0) is 16.1 Å². The highest BCUT2D eigenvalue weighted by molar-refractivity contribution is 5.90. The van der Waals surface area contributed by atoms with Crippen molar-refractivity contribution in [3.63, 3.8) is 0 Å². The van der Waals surface area contributed by atoms with Gasteiger partial charge in [-0.3, -0.25) is 19.8 Å². The number of nitrogens with one attached hydrogen (secondary N) is 1. The number of halogens is 1. The number of rotatable bonds is 10. The van der Waals surface area contributed by atoms with E-state index in [1.165, 1.54) is 36.4 Å². The fourth-order valence-electron chi connectivity index (χ4n) is 4.05. The molecule has 0 radical (unpaired) electrons. The molecule has 14 heteroatoms. The highest BCUT2D eigenvalue weighted by atomic mass is 19.1. The van der Waals surface area contributed by atoms with Crippen LogP contribution in [0.2, 0.25) is 0 Å². The molecule has 1 aliphatic heterocycles. The normalized spacial score (nSPS) is 13.8. The molecular weight excluding hydrogens is 541 g/mol. The molecule has 13 nitrogen and oxygen atoms in total. The van der Waals surface area contributed by atoms with Crippen LogP contribution in [0.25, 0.3) is 11.5 Å². The number of aromatic nitrogens is 2. The minimum absolute atomic E-state index is 0.0440. The summed E-state index contributed by atoms with van der Waals surface area (Å²) >= 11 is 0. The standard InChI is InChI=1S/C23H24FN5O4.C4H4O4/c24-19-5-1-17(2-6-19)15-28-13-10-16(11-14-28)9-12-25-22(30)21-26-23(33-27-21)18-3-7-20(8-4-18)29(31)32;5-3(6)1-2-4(7)8/h1-8,16H,9-15H2,(H,25,30);1-2H,(H,5,6)(H,7,8)/b;2-1+. The summed E-state index contributed by atoms with van der Waals surface area (Å²) in [5.74, 6) is -2.57. The molecule has 1 amide bonds. The number of hydrogen-bond donors (Lipinski definition) is 3. The second kappa shape index (κ2) is 15.0. The largest absolute Gasteiger partial charge is 0.478 e. The van der Waals surface area contributed by atoms with Crippen molar-refractivity contribution in [2.75, 3.05) is 19.6 Å². The van der Waals surface area contributed by atoms with Crippen molar-refractivity contribution in [2.24, 2.45) is 5.92 Å². The van der Waals surface area contributed by atoms with Gasteiger partial charge in [-0.15, -0.1) is 0 Å². The summed E-state index contributed by atoms with van der Waals surface area (Å²) < 4.78 is 18.2. The number of carbonyl (C=O) groups is 3. The van der Waals surface area contributed by atoms with Crippen molar-refractivity contribution in [3.8, 4) is 11.5 Å². The Morgan fingerprint density at radius 3 is 2.22 bits per heavy atom. The lowest BCUT2D eigenvalue weighted by molar-refractivity contribution is -0.384. The molecule has 0 saturated carbocycles. The summed E-state index contributed by atoms with van der Waals surface area (Å²) in [7, 11) is 0.